The lowest BCUT2D eigenvalue weighted by atomic mass is 10.1. The molecule has 0 saturated heterocycles. The maximum atomic E-state index is 12.5. The Morgan fingerprint density at radius 1 is 1.14 bits per heavy atom. The number of carbonyl (C=O) groups excluding carboxylic acids is 1. The first-order chi connectivity index (χ1) is 10.5. The molecule has 0 aliphatic heterocycles. The molecular weight excluding hydrogens is 314 g/mol. The summed E-state index contributed by atoms with van der Waals surface area (Å²) in [7, 11) is 0. The minimum absolute atomic E-state index is 0.0491. The van der Waals surface area contributed by atoms with E-state index in [-0.39, 0.29) is 5.91 Å². The molecule has 1 amide bonds. The highest BCUT2D eigenvalue weighted by molar-refractivity contribution is 7.14. The van der Waals surface area contributed by atoms with Crippen LogP contribution in [0.1, 0.15) is 50.5 Å². The third kappa shape index (κ3) is 3.21. The van der Waals surface area contributed by atoms with E-state index in [1.165, 1.54) is 29.7 Å². The first kappa shape index (κ1) is 15.6. The molecule has 0 unspecified atom stereocenters. The van der Waals surface area contributed by atoms with Crippen LogP contribution in [0.15, 0.2) is 18.2 Å². The van der Waals surface area contributed by atoms with Gasteiger partial charge in [0.15, 0.2) is 0 Å². The van der Waals surface area contributed by atoms with Crippen LogP contribution in [0.3, 0.4) is 0 Å². The maximum Gasteiger partial charge on any atom is 0.265 e. The summed E-state index contributed by atoms with van der Waals surface area (Å²) >= 11 is 7.91. The van der Waals surface area contributed by atoms with Crippen LogP contribution in [0.2, 0.25) is 5.02 Å². The number of amides is 1. The summed E-state index contributed by atoms with van der Waals surface area (Å²) in [5, 5.41) is 3.59. The van der Waals surface area contributed by atoms with Crippen LogP contribution in [0, 0.1) is 13.8 Å². The van der Waals surface area contributed by atoms with Crippen LogP contribution in [0.5, 0.6) is 0 Å². The molecule has 3 rings (SSSR count). The van der Waals surface area contributed by atoms with E-state index in [1.54, 1.807) is 11.3 Å². The van der Waals surface area contributed by atoms with E-state index in [0.717, 1.165) is 34.5 Å². The van der Waals surface area contributed by atoms with Crippen LogP contribution in [-0.2, 0) is 12.8 Å². The van der Waals surface area contributed by atoms with Crippen molar-refractivity contribution < 1.29 is 4.79 Å². The van der Waals surface area contributed by atoms with Crippen molar-refractivity contribution in [1.82, 2.24) is 0 Å². The van der Waals surface area contributed by atoms with Gasteiger partial charge in [-0.15, -0.1) is 11.3 Å². The fraction of sp³-hybridized carbons (Fsp3) is 0.389. The monoisotopic (exact) mass is 333 g/mol. The van der Waals surface area contributed by atoms with Crippen LogP contribution >= 0.6 is 22.9 Å². The van der Waals surface area contributed by atoms with Crippen molar-refractivity contribution in [2.24, 2.45) is 0 Å². The lowest BCUT2D eigenvalue weighted by Gasteiger charge is -2.10. The van der Waals surface area contributed by atoms with Crippen molar-refractivity contribution in [2.75, 3.05) is 5.32 Å². The number of fused-ring (bicyclic) bond motifs is 1. The number of aryl methyl sites for hydroxylation is 4. The summed E-state index contributed by atoms with van der Waals surface area (Å²) in [6.07, 6.45) is 5.97. The van der Waals surface area contributed by atoms with Crippen molar-refractivity contribution in [2.45, 2.75) is 46.0 Å². The molecule has 1 heterocycles. The maximum absolute atomic E-state index is 12.5. The molecule has 0 atom stereocenters. The Kier molecular flexibility index (Phi) is 4.55. The first-order valence-electron chi connectivity index (χ1n) is 7.74. The van der Waals surface area contributed by atoms with Crippen LogP contribution < -0.4 is 5.32 Å². The Morgan fingerprint density at radius 3 is 2.68 bits per heavy atom. The summed E-state index contributed by atoms with van der Waals surface area (Å²) in [6.45, 7) is 3.97. The van der Waals surface area contributed by atoms with Gasteiger partial charge < -0.3 is 5.32 Å². The molecule has 2 aromatic rings. The number of nitrogens with one attached hydrogen (secondary N) is 1. The van der Waals surface area contributed by atoms with Crippen molar-refractivity contribution in [1.29, 1.82) is 0 Å². The standard InChI is InChI=1S/C18H20ClNOS/c1-11-8-12(2)17(14(19)9-11)20-18(21)16-10-13-6-4-3-5-7-15(13)22-16/h8-10H,3-7H2,1-2H3,(H,20,21). The molecular formula is C18H20ClNOS. The molecule has 0 saturated carbocycles. The minimum atomic E-state index is -0.0491. The zero-order valence-electron chi connectivity index (χ0n) is 13.0. The average Bonchev–Trinajstić information content (AvgIpc) is 2.74. The highest BCUT2D eigenvalue weighted by atomic mass is 35.5. The van der Waals surface area contributed by atoms with E-state index in [0.29, 0.717) is 5.02 Å². The third-order valence-electron chi connectivity index (χ3n) is 4.14. The summed E-state index contributed by atoms with van der Waals surface area (Å²) in [6, 6.07) is 5.98. The molecule has 0 bridgehead atoms. The van der Waals surface area contributed by atoms with Gasteiger partial charge in [0.25, 0.3) is 5.91 Å². The number of anilines is 1. The number of carbonyl (C=O) groups is 1. The predicted octanol–water partition coefficient (Wildman–Crippen LogP) is 5.54. The van der Waals surface area contributed by atoms with E-state index in [2.05, 4.69) is 11.4 Å². The van der Waals surface area contributed by atoms with E-state index in [4.69, 9.17) is 11.6 Å². The SMILES string of the molecule is Cc1cc(C)c(NC(=O)c2cc3c(s2)CCCCC3)c(Cl)c1. The van der Waals surface area contributed by atoms with Crippen LogP contribution in [-0.4, -0.2) is 5.91 Å². The largest absolute Gasteiger partial charge is 0.320 e. The predicted molar refractivity (Wildman–Crippen MR) is 94.5 cm³/mol. The third-order valence-corrected chi connectivity index (χ3v) is 5.67. The lowest BCUT2D eigenvalue weighted by molar-refractivity contribution is 0.103. The number of hydrogen-bond acceptors (Lipinski definition) is 2. The Balaban J connectivity index is 1.83. The van der Waals surface area contributed by atoms with Crippen LogP contribution in [0.25, 0.3) is 0 Å². The normalized spacial score (nSPS) is 14.3. The number of hydrogen-bond donors (Lipinski definition) is 1. The molecule has 1 aliphatic rings. The van der Waals surface area contributed by atoms with Gasteiger partial charge in [-0.1, -0.05) is 24.1 Å². The second-order valence-corrected chi connectivity index (χ2v) is 7.56. The van der Waals surface area contributed by atoms with Gasteiger partial charge in [-0.3, -0.25) is 4.79 Å². The van der Waals surface area contributed by atoms with Gasteiger partial charge in [-0.25, -0.2) is 0 Å². The van der Waals surface area contributed by atoms with E-state index in [1.807, 2.05) is 26.0 Å². The van der Waals surface area contributed by atoms with Crippen molar-refractivity contribution >= 4 is 34.5 Å². The summed E-state index contributed by atoms with van der Waals surface area (Å²) in [5.41, 5.74) is 4.18. The summed E-state index contributed by atoms with van der Waals surface area (Å²) in [5.74, 6) is -0.0491. The van der Waals surface area contributed by atoms with E-state index >= 15 is 0 Å². The quantitative estimate of drug-likeness (QED) is 0.718. The molecule has 0 radical (unpaired) electrons. The molecule has 0 spiro atoms. The highest BCUT2D eigenvalue weighted by Gasteiger charge is 2.18. The zero-order chi connectivity index (χ0) is 15.7. The Morgan fingerprint density at radius 2 is 1.91 bits per heavy atom. The van der Waals surface area contributed by atoms with Gasteiger partial charge in [-0.2, -0.15) is 0 Å². The van der Waals surface area contributed by atoms with Gasteiger partial charge in [0.05, 0.1) is 15.6 Å². The van der Waals surface area contributed by atoms with Gasteiger partial charge in [-0.05, 0) is 68.4 Å². The number of thiophene rings is 1. The Hall–Kier alpha value is -1.32. The lowest BCUT2D eigenvalue weighted by Crippen LogP contribution is -2.11. The molecule has 0 fully saturated rings. The molecule has 1 aliphatic carbocycles. The van der Waals surface area contributed by atoms with Gasteiger partial charge in [0.2, 0.25) is 0 Å². The number of halogens is 1. The first-order valence-corrected chi connectivity index (χ1v) is 8.93. The second kappa shape index (κ2) is 6.43. The second-order valence-electron chi connectivity index (χ2n) is 6.01. The Labute approximate surface area is 140 Å². The van der Waals surface area contributed by atoms with Crippen molar-refractivity contribution in [3.63, 3.8) is 0 Å². The van der Waals surface area contributed by atoms with Gasteiger partial charge in [0, 0.05) is 4.88 Å². The zero-order valence-corrected chi connectivity index (χ0v) is 14.5. The minimum Gasteiger partial charge on any atom is -0.320 e. The van der Waals surface area contributed by atoms with Crippen LogP contribution in [0.4, 0.5) is 5.69 Å². The molecule has 4 heteroatoms. The molecule has 1 aromatic carbocycles. The molecule has 2 nitrogen and oxygen atoms in total. The summed E-state index contributed by atoms with van der Waals surface area (Å²) < 4.78 is 0. The van der Waals surface area contributed by atoms with E-state index in [9.17, 15) is 4.79 Å². The topological polar surface area (TPSA) is 29.1 Å². The van der Waals surface area contributed by atoms with Crippen molar-refractivity contribution in [3.8, 4) is 0 Å². The molecule has 22 heavy (non-hydrogen) atoms. The summed E-state index contributed by atoms with van der Waals surface area (Å²) in [4.78, 5) is 14.7. The fourth-order valence-corrected chi connectivity index (χ4v) is 4.55. The molecule has 1 N–H and O–H groups in total. The molecule has 1 aromatic heterocycles. The number of rotatable bonds is 2. The van der Waals surface area contributed by atoms with Crippen molar-refractivity contribution in [3.05, 3.63) is 49.7 Å². The van der Waals surface area contributed by atoms with Gasteiger partial charge >= 0.3 is 0 Å². The fourth-order valence-electron chi connectivity index (χ4n) is 3.03. The molecule has 116 valence electrons. The highest BCUT2D eigenvalue weighted by Crippen LogP contribution is 2.31. The average molecular weight is 334 g/mol. The smallest absolute Gasteiger partial charge is 0.265 e. The van der Waals surface area contributed by atoms with Gasteiger partial charge in [0.1, 0.15) is 0 Å². The number of benzene rings is 1. The Bertz CT molecular complexity index is 673. The van der Waals surface area contributed by atoms with E-state index < -0.39 is 0 Å².